The average Bonchev–Trinajstić information content (AvgIpc) is 3.13. The van der Waals surface area contributed by atoms with Gasteiger partial charge in [0, 0.05) is 11.1 Å². The summed E-state index contributed by atoms with van der Waals surface area (Å²) in [4.78, 5) is 28.7. The van der Waals surface area contributed by atoms with Crippen molar-refractivity contribution < 1.29 is 23.6 Å². The van der Waals surface area contributed by atoms with Gasteiger partial charge >= 0.3 is 0 Å². The molecule has 1 aromatic heterocycles. The second-order valence-corrected chi connectivity index (χ2v) is 7.71. The molecule has 0 unspecified atom stereocenters. The van der Waals surface area contributed by atoms with Gasteiger partial charge in [0.2, 0.25) is 6.43 Å². The van der Waals surface area contributed by atoms with Crippen LogP contribution in [0.2, 0.25) is 0 Å². The maximum absolute atomic E-state index is 13.3. The highest BCUT2D eigenvalue weighted by atomic mass is 32.1. The zero-order valence-electron chi connectivity index (χ0n) is 16.0. The first kappa shape index (κ1) is 22.8. The zero-order chi connectivity index (χ0) is 22.3. The summed E-state index contributed by atoms with van der Waals surface area (Å²) in [5.74, 6) is 9.02. The third kappa shape index (κ3) is 5.77. The normalized spacial score (nSPS) is 11.5. The van der Waals surface area contributed by atoms with E-state index in [0.29, 0.717) is 15.6 Å². The van der Waals surface area contributed by atoms with Gasteiger partial charge in [0.15, 0.2) is 5.13 Å². The Bertz CT molecular complexity index is 1040. The number of nitrogen functional groups attached to an aromatic ring is 1. The largest absolute Gasteiger partial charge is 0.375 e. The predicted octanol–water partition coefficient (Wildman–Crippen LogP) is 2.02. The van der Waals surface area contributed by atoms with E-state index < -0.39 is 29.7 Å². The van der Waals surface area contributed by atoms with E-state index in [1.165, 1.54) is 28.9 Å². The lowest BCUT2D eigenvalue weighted by Crippen LogP contribution is -2.56. The molecule has 0 saturated carbocycles. The number of aromatic nitrogens is 1. The van der Waals surface area contributed by atoms with E-state index in [-0.39, 0.29) is 5.56 Å². The van der Waals surface area contributed by atoms with Crippen LogP contribution < -0.4 is 16.5 Å². The van der Waals surface area contributed by atoms with Gasteiger partial charge in [0.1, 0.15) is 6.04 Å². The van der Waals surface area contributed by atoms with Gasteiger partial charge in [-0.25, -0.2) is 19.2 Å². The summed E-state index contributed by atoms with van der Waals surface area (Å²) < 4.78 is 26.5. The number of hydrogen-bond donors (Lipinski definition) is 4. The summed E-state index contributed by atoms with van der Waals surface area (Å²) in [6.45, 7) is 2.22. The molecule has 2 aromatic rings. The summed E-state index contributed by atoms with van der Waals surface area (Å²) in [7, 11) is 0. The lowest BCUT2D eigenvalue weighted by Gasteiger charge is -2.32. The Morgan fingerprint density at radius 1 is 1.20 bits per heavy atom. The van der Waals surface area contributed by atoms with E-state index >= 15 is 0 Å². The van der Waals surface area contributed by atoms with Crippen LogP contribution in [0.3, 0.4) is 0 Å². The van der Waals surface area contributed by atoms with Gasteiger partial charge in [-0.2, -0.15) is 0 Å². The fourth-order valence-corrected chi connectivity index (χ4v) is 2.78. The molecule has 5 N–H and O–H groups in total. The molecule has 2 rings (SSSR count). The van der Waals surface area contributed by atoms with Gasteiger partial charge in [-0.1, -0.05) is 31.1 Å². The van der Waals surface area contributed by atoms with Gasteiger partial charge < -0.3 is 11.1 Å². The third-order valence-electron chi connectivity index (χ3n) is 4.08. The lowest BCUT2D eigenvalue weighted by atomic mass is 9.84. The van der Waals surface area contributed by atoms with Gasteiger partial charge in [0.05, 0.1) is 16.5 Å². The molecule has 0 aliphatic rings. The molecule has 0 aliphatic heterocycles. The highest BCUT2D eigenvalue weighted by Crippen LogP contribution is 2.29. The Balaban J connectivity index is 2.10. The maximum Gasteiger partial charge on any atom is 0.266 e. The monoisotopic (exact) mass is 432 g/mol. The maximum atomic E-state index is 13.3. The van der Waals surface area contributed by atoms with Crippen LogP contribution >= 0.6 is 11.3 Å². The molecule has 156 valence electrons. The second-order valence-electron chi connectivity index (χ2n) is 6.64. The Kier molecular flexibility index (Phi) is 7.48. The molecule has 1 aromatic carbocycles. The molecule has 1 heterocycles. The Labute approximate surface area is 175 Å². The van der Waals surface area contributed by atoms with Gasteiger partial charge in [-0.05, 0) is 42.0 Å². The highest BCUT2D eigenvalue weighted by Gasteiger charge is 2.43. The zero-order valence-corrected chi connectivity index (χ0v) is 16.8. The van der Waals surface area contributed by atoms with Crippen LogP contribution in [0.4, 0.5) is 13.9 Å². The number of rotatable bonds is 5. The van der Waals surface area contributed by atoms with Gasteiger partial charge in [-0.15, -0.1) is 0 Å². The van der Waals surface area contributed by atoms with Crippen molar-refractivity contribution in [3.05, 3.63) is 46.5 Å². The van der Waals surface area contributed by atoms with E-state index in [4.69, 9.17) is 10.9 Å². The molecule has 1 atom stereocenters. The molecule has 0 bridgehead atoms. The molecule has 7 nitrogen and oxygen atoms in total. The SMILES string of the molecule is CC(C)(C(F)F)[C@H](NC(=O)c1ccc(C#CC#Cc2cnc(N)s2)cc1)C(=O)NO. The molecule has 10 heteroatoms. The highest BCUT2D eigenvalue weighted by molar-refractivity contribution is 7.15. The average molecular weight is 432 g/mol. The van der Waals surface area contributed by atoms with E-state index in [9.17, 15) is 18.4 Å². The molecule has 0 spiro atoms. The van der Waals surface area contributed by atoms with Crippen molar-refractivity contribution in [3.63, 3.8) is 0 Å². The molecular formula is C20H18F2N4O3S. The van der Waals surface area contributed by atoms with Gasteiger partial charge in [0.25, 0.3) is 11.8 Å². The number of nitrogens with two attached hydrogens (primary N) is 1. The number of anilines is 1. The molecular weight excluding hydrogens is 414 g/mol. The van der Waals surface area contributed by atoms with Crippen molar-refractivity contribution in [3.8, 4) is 23.7 Å². The first-order valence-corrected chi connectivity index (χ1v) is 9.33. The minimum Gasteiger partial charge on any atom is -0.375 e. The Morgan fingerprint density at radius 3 is 2.37 bits per heavy atom. The standard InChI is InChI=1S/C20H18F2N4O3S/c1-20(2,18(21)22)15(17(28)26-29)25-16(27)13-9-7-12(8-10-13)5-3-4-6-14-11-24-19(23)30-14/h7-11,15,18,29H,1-2H3,(H2,23,24)(H,25,27)(H,26,28)/t15-/m1/s1. The molecule has 30 heavy (non-hydrogen) atoms. The molecule has 0 aliphatic carbocycles. The van der Waals surface area contributed by atoms with Crippen LogP contribution in [-0.4, -0.2) is 34.5 Å². The van der Waals surface area contributed by atoms with Crippen LogP contribution in [0.15, 0.2) is 30.5 Å². The lowest BCUT2D eigenvalue weighted by molar-refractivity contribution is -0.137. The fraction of sp³-hybridized carbons (Fsp3) is 0.250. The van der Waals surface area contributed by atoms with Crippen LogP contribution in [0.5, 0.6) is 0 Å². The van der Waals surface area contributed by atoms with Crippen LogP contribution in [0.1, 0.15) is 34.6 Å². The summed E-state index contributed by atoms with van der Waals surface area (Å²) in [6.07, 6.45) is -1.37. The predicted molar refractivity (Wildman–Crippen MR) is 108 cm³/mol. The van der Waals surface area contributed by atoms with E-state index in [2.05, 4.69) is 34.0 Å². The smallest absolute Gasteiger partial charge is 0.266 e. The number of benzene rings is 1. The van der Waals surface area contributed by atoms with Crippen molar-refractivity contribution in [1.29, 1.82) is 0 Å². The van der Waals surface area contributed by atoms with Gasteiger partial charge in [-0.3, -0.25) is 14.8 Å². The number of carbonyl (C=O) groups excluding carboxylic acids is 2. The minimum atomic E-state index is -2.92. The fourth-order valence-electron chi connectivity index (χ4n) is 2.24. The number of alkyl halides is 2. The van der Waals surface area contributed by atoms with Crippen LogP contribution in [-0.2, 0) is 4.79 Å². The van der Waals surface area contributed by atoms with E-state index in [1.54, 1.807) is 18.3 Å². The number of hydrogen-bond acceptors (Lipinski definition) is 6. The quantitative estimate of drug-likeness (QED) is 0.328. The van der Waals surface area contributed by atoms with Crippen molar-refractivity contribution in [2.45, 2.75) is 26.3 Å². The van der Waals surface area contributed by atoms with Crippen LogP contribution in [0, 0.1) is 29.1 Å². The number of halogens is 2. The Morgan fingerprint density at radius 2 is 1.83 bits per heavy atom. The molecule has 0 radical (unpaired) electrons. The third-order valence-corrected chi connectivity index (χ3v) is 4.82. The summed E-state index contributed by atoms with van der Waals surface area (Å²) in [6, 6.07) is 4.31. The summed E-state index contributed by atoms with van der Waals surface area (Å²) in [5, 5.41) is 11.5. The summed E-state index contributed by atoms with van der Waals surface area (Å²) >= 11 is 1.24. The number of carbonyl (C=O) groups is 2. The number of nitrogens with zero attached hydrogens (tertiary/aromatic N) is 1. The number of hydroxylamine groups is 1. The number of nitrogens with one attached hydrogen (secondary N) is 2. The topological polar surface area (TPSA) is 117 Å². The first-order chi connectivity index (χ1) is 14.1. The minimum absolute atomic E-state index is 0.132. The second kappa shape index (κ2) is 9.83. The van der Waals surface area contributed by atoms with Crippen LogP contribution in [0.25, 0.3) is 0 Å². The summed E-state index contributed by atoms with van der Waals surface area (Å²) in [5.41, 5.74) is 5.61. The molecule has 2 amide bonds. The van der Waals surface area contributed by atoms with E-state index in [0.717, 1.165) is 13.8 Å². The van der Waals surface area contributed by atoms with Crippen molar-refractivity contribution >= 4 is 28.3 Å². The number of thiazole rings is 1. The van der Waals surface area contributed by atoms with Crippen molar-refractivity contribution in [2.75, 3.05) is 5.73 Å². The van der Waals surface area contributed by atoms with E-state index in [1.807, 2.05) is 0 Å². The van der Waals surface area contributed by atoms with Crippen molar-refractivity contribution in [1.82, 2.24) is 15.8 Å². The Hall–Kier alpha value is -3.47. The molecule has 0 saturated heterocycles. The van der Waals surface area contributed by atoms with Crippen molar-refractivity contribution in [2.24, 2.45) is 5.41 Å². The first-order valence-electron chi connectivity index (χ1n) is 8.51. The number of amides is 2. The molecule has 0 fully saturated rings.